The van der Waals surface area contributed by atoms with Crippen molar-refractivity contribution >= 4 is 23.2 Å². The van der Waals surface area contributed by atoms with Gasteiger partial charge in [-0.25, -0.2) is 0 Å². The first-order valence-electron chi connectivity index (χ1n) is 5.04. The third-order valence-electron chi connectivity index (χ3n) is 2.45. The molecule has 0 aromatic heterocycles. The highest BCUT2D eigenvalue weighted by atomic mass is 35.5. The van der Waals surface area contributed by atoms with Crippen LogP contribution in [0.4, 0.5) is 0 Å². The van der Waals surface area contributed by atoms with E-state index in [0.29, 0.717) is 29.1 Å². The van der Waals surface area contributed by atoms with Crippen molar-refractivity contribution in [2.75, 3.05) is 13.1 Å². The summed E-state index contributed by atoms with van der Waals surface area (Å²) >= 11 is 11.8. The predicted molar refractivity (Wildman–Crippen MR) is 66.5 cm³/mol. The van der Waals surface area contributed by atoms with E-state index in [0.717, 1.165) is 12.8 Å². The first-order valence-corrected chi connectivity index (χ1v) is 5.79. The summed E-state index contributed by atoms with van der Waals surface area (Å²) in [5.41, 5.74) is 12.3. The van der Waals surface area contributed by atoms with Crippen LogP contribution < -0.4 is 11.5 Å². The van der Waals surface area contributed by atoms with Crippen molar-refractivity contribution in [3.8, 4) is 0 Å². The Balaban J connectivity index is 2.85. The Morgan fingerprint density at radius 1 is 1.00 bits per heavy atom. The summed E-state index contributed by atoms with van der Waals surface area (Å²) < 4.78 is 0. The molecule has 0 radical (unpaired) electrons. The van der Waals surface area contributed by atoms with Crippen LogP contribution in [0.2, 0.25) is 10.0 Å². The molecule has 2 nitrogen and oxygen atoms in total. The minimum atomic E-state index is 0.384. The topological polar surface area (TPSA) is 52.0 Å². The van der Waals surface area contributed by atoms with Gasteiger partial charge < -0.3 is 11.5 Å². The van der Waals surface area contributed by atoms with Crippen molar-refractivity contribution in [3.63, 3.8) is 0 Å². The van der Waals surface area contributed by atoms with Crippen LogP contribution in [0.1, 0.15) is 24.3 Å². The lowest BCUT2D eigenvalue weighted by atomic mass is 9.93. The van der Waals surface area contributed by atoms with Crippen LogP contribution in [0.25, 0.3) is 0 Å². The summed E-state index contributed by atoms with van der Waals surface area (Å²) in [7, 11) is 0. The van der Waals surface area contributed by atoms with Crippen LogP contribution in [0.15, 0.2) is 18.2 Å². The summed E-state index contributed by atoms with van der Waals surface area (Å²) in [5.74, 6) is 0.384. The van der Waals surface area contributed by atoms with E-state index >= 15 is 0 Å². The minimum Gasteiger partial charge on any atom is -0.330 e. The summed E-state index contributed by atoms with van der Waals surface area (Å²) in [6, 6.07) is 5.71. The van der Waals surface area contributed by atoms with Gasteiger partial charge in [0.2, 0.25) is 0 Å². The second-order valence-corrected chi connectivity index (χ2v) is 4.34. The molecule has 0 atom stereocenters. The SMILES string of the molecule is NCCC(CCN)c1ccc(Cl)c(Cl)c1. The fourth-order valence-corrected chi connectivity index (χ4v) is 1.95. The van der Waals surface area contributed by atoms with E-state index in [1.165, 1.54) is 5.56 Å². The fourth-order valence-electron chi connectivity index (χ4n) is 1.65. The monoisotopic (exact) mass is 246 g/mol. The van der Waals surface area contributed by atoms with Gasteiger partial charge in [0.15, 0.2) is 0 Å². The molecule has 15 heavy (non-hydrogen) atoms. The number of hydrogen-bond acceptors (Lipinski definition) is 2. The van der Waals surface area contributed by atoms with Gasteiger partial charge in [-0.05, 0) is 49.5 Å². The average molecular weight is 247 g/mol. The molecule has 0 aliphatic heterocycles. The first kappa shape index (κ1) is 12.8. The molecule has 4 N–H and O–H groups in total. The molecule has 1 aromatic rings. The molecule has 0 aliphatic rings. The van der Waals surface area contributed by atoms with E-state index in [1.54, 1.807) is 0 Å². The molecule has 0 amide bonds. The zero-order valence-corrected chi connectivity index (χ0v) is 10.1. The third kappa shape index (κ3) is 3.65. The molecule has 84 valence electrons. The number of rotatable bonds is 5. The lowest BCUT2D eigenvalue weighted by Gasteiger charge is -2.16. The second-order valence-electron chi connectivity index (χ2n) is 3.53. The van der Waals surface area contributed by atoms with Gasteiger partial charge in [0.25, 0.3) is 0 Å². The van der Waals surface area contributed by atoms with E-state index in [1.807, 2.05) is 18.2 Å². The Morgan fingerprint density at radius 2 is 1.60 bits per heavy atom. The minimum absolute atomic E-state index is 0.384. The maximum absolute atomic E-state index is 5.96. The lowest BCUT2D eigenvalue weighted by Crippen LogP contribution is -2.12. The van der Waals surface area contributed by atoms with Crippen molar-refractivity contribution in [2.24, 2.45) is 11.5 Å². The maximum Gasteiger partial charge on any atom is 0.0595 e. The Labute approximate surface area is 101 Å². The quantitative estimate of drug-likeness (QED) is 0.840. The molecular formula is C11H16Cl2N2. The molecule has 1 rings (SSSR count). The smallest absolute Gasteiger partial charge is 0.0595 e. The number of benzene rings is 1. The molecule has 0 fully saturated rings. The van der Waals surface area contributed by atoms with Gasteiger partial charge in [0.1, 0.15) is 0 Å². The van der Waals surface area contributed by atoms with Gasteiger partial charge >= 0.3 is 0 Å². The van der Waals surface area contributed by atoms with Crippen LogP contribution in [-0.4, -0.2) is 13.1 Å². The Bertz CT molecular complexity index is 309. The lowest BCUT2D eigenvalue weighted by molar-refractivity contribution is 0.592. The largest absolute Gasteiger partial charge is 0.330 e. The normalized spacial score (nSPS) is 11.0. The summed E-state index contributed by atoms with van der Waals surface area (Å²) in [5, 5.41) is 1.17. The average Bonchev–Trinajstić information content (AvgIpc) is 2.22. The molecule has 1 aromatic carbocycles. The van der Waals surface area contributed by atoms with E-state index in [2.05, 4.69) is 0 Å². The fraction of sp³-hybridized carbons (Fsp3) is 0.455. The van der Waals surface area contributed by atoms with Crippen LogP contribution in [0, 0.1) is 0 Å². The Kier molecular flexibility index (Phi) is 5.40. The van der Waals surface area contributed by atoms with Gasteiger partial charge in [-0.15, -0.1) is 0 Å². The summed E-state index contributed by atoms with van der Waals surface area (Å²) in [6.45, 7) is 1.32. The highest BCUT2D eigenvalue weighted by Gasteiger charge is 2.11. The molecule has 0 saturated carbocycles. The molecule has 0 spiro atoms. The van der Waals surface area contributed by atoms with Gasteiger partial charge in [0, 0.05) is 0 Å². The van der Waals surface area contributed by atoms with Crippen LogP contribution in [-0.2, 0) is 0 Å². The Hall–Kier alpha value is -0.280. The molecular weight excluding hydrogens is 231 g/mol. The molecule has 0 heterocycles. The van der Waals surface area contributed by atoms with Crippen molar-refractivity contribution in [1.82, 2.24) is 0 Å². The molecule has 0 saturated heterocycles. The standard InChI is InChI=1S/C11H16Cl2N2/c12-10-2-1-9(7-11(10)13)8(3-5-14)4-6-15/h1-2,7-8H,3-6,14-15H2. The molecule has 0 aliphatic carbocycles. The zero-order chi connectivity index (χ0) is 11.3. The highest BCUT2D eigenvalue weighted by molar-refractivity contribution is 6.42. The van der Waals surface area contributed by atoms with Crippen LogP contribution in [0.3, 0.4) is 0 Å². The van der Waals surface area contributed by atoms with Crippen LogP contribution >= 0.6 is 23.2 Å². The van der Waals surface area contributed by atoms with Crippen molar-refractivity contribution < 1.29 is 0 Å². The van der Waals surface area contributed by atoms with E-state index in [9.17, 15) is 0 Å². The summed E-state index contributed by atoms with van der Waals surface area (Å²) in [6.07, 6.45) is 1.85. The first-order chi connectivity index (χ1) is 7.19. The third-order valence-corrected chi connectivity index (χ3v) is 3.18. The van der Waals surface area contributed by atoms with Gasteiger partial charge in [-0.2, -0.15) is 0 Å². The highest BCUT2D eigenvalue weighted by Crippen LogP contribution is 2.29. The Morgan fingerprint density at radius 3 is 2.07 bits per heavy atom. The molecule has 4 heteroatoms. The van der Waals surface area contributed by atoms with E-state index in [-0.39, 0.29) is 0 Å². The van der Waals surface area contributed by atoms with Crippen molar-refractivity contribution in [3.05, 3.63) is 33.8 Å². The van der Waals surface area contributed by atoms with Gasteiger partial charge in [-0.1, -0.05) is 29.3 Å². The predicted octanol–water partition coefficient (Wildman–Crippen LogP) is 2.77. The molecule has 0 bridgehead atoms. The number of halogens is 2. The van der Waals surface area contributed by atoms with Crippen molar-refractivity contribution in [1.29, 1.82) is 0 Å². The number of hydrogen-bond donors (Lipinski definition) is 2. The van der Waals surface area contributed by atoms with Crippen molar-refractivity contribution in [2.45, 2.75) is 18.8 Å². The van der Waals surface area contributed by atoms with Gasteiger partial charge in [-0.3, -0.25) is 0 Å². The zero-order valence-electron chi connectivity index (χ0n) is 8.55. The maximum atomic E-state index is 5.96. The van der Waals surface area contributed by atoms with Crippen LogP contribution in [0.5, 0.6) is 0 Å². The van der Waals surface area contributed by atoms with E-state index in [4.69, 9.17) is 34.7 Å². The van der Waals surface area contributed by atoms with Gasteiger partial charge in [0.05, 0.1) is 10.0 Å². The van der Waals surface area contributed by atoms with E-state index < -0.39 is 0 Å². The number of nitrogens with two attached hydrogens (primary N) is 2. The second kappa shape index (κ2) is 6.33. The summed E-state index contributed by atoms with van der Waals surface area (Å²) in [4.78, 5) is 0. The molecule has 0 unspecified atom stereocenters.